The highest BCUT2D eigenvalue weighted by Gasteiger charge is 2.17. The Morgan fingerprint density at radius 1 is 0.622 bits per heavy atom. The summed E-state index contributed by atoms with van der Waals surface area (Å²) in [6, 6.07) is 9.63. The van der Waals surface area contributed by atoms with E-state index in [9.17, 15) is 36.0 Å². The molecule has 0 fully saturated rings. The molecular weight excluding hydrogens is 669 g/mol. The largest absolute Gasteiger partial charge is 0.337 e. The molecule has 0 aliphatic carbocycles. The number of hydrogen-bond acceptors (Lipinski definition) is 8. The maximum absolute atomic E-state index is 11.7. The average molecular weight is 711 g/mol. The number of benzene rings is 2. The van der Waals surface area contributed by atoms with E-state index in [1.165, 1.54) is 55.5 Å². The lowest BCUT2D eigenvalue weighted by molar-refractivity contribution is -0.129. The third-order valence-electron chi connectivity index (χ3n) is 5.10. The topological polar surface area (TPSA) is 197 Å². The molecule has 45 heavy (non-hydrogen) atoms. The normalized spacial score (nSPS) is 10.5. The van der Waals surface area contributed by atoms with E-state index in [-0.39, 0.29) is 21.6 Å². The zero-order valence-corrected chi connectivity index (χ0v) is 28.8. The van der Waals surface area contributed by atoms with E-state index in [2.05, 4.69) is 22.9 Å². The third-order valence-corrected chi connectivity index (χ3v) is 8.29. The Morgan fingerprint density at radius 2 is 1.00 bits per heavy atom. The molecule has 0 aromatic heterocycles. The molecule has 17 heteroatoms. The molecule has 0 aliphatic rings. The highest BCUT2D eigenvalue weighted by molar-refractivity contribution is 7.90. The quantitative estimate of drug-likeness (QED) is 0.195. The molecule has 0 atom stereocenters. The predicted octanol–water partition coefficient (Wildman–Crippen LogP) is 4.71. The molecule has 6 amide bonds. The Morgan fingerprint density at radius 3 is 1.31 bits per heavy atom. The van der Waals surface area contributed by atoms with Crippen LogP contribution in [0.15, 0.2) is 58.3 Å². The zero-order valence-electron chi connectivity index (χ0n) is 25.6. The minimum Gasteiger partial charge on any atom is -0.337 e. The van der Waals surface area contributed by atoms with Gasteiger partial charge in [-0.25, -0.2) is 35.9 Å². The van der Waals surface area contributed by atoms with Crippen LogP contribution >= 0.6 is 23.2 Å². The molecular formula is C28H41Cl2N5O8S2. The average Bonchev–Trinajstić information content (AvgIpc) is 2.95. The van der Waals surface area contributed by atoms with Gasteiger partial charge < -0.3 is 10.6 Å². The van der Waals surface area contributed by atoms with Gasteiger partial charge in [-0.3, -0.25) is 14.9 Å². The number of unbranched alkanes of at least 4 members (excludes halogenated alkanes) is 2. The van der Waals surface area contributed by atoms with Gasteiger partial charge in [0.15, 0.2) is 0 Å². The van der Waals surface area contributed by atoms with E-state index in [0.29, 0.717) is 29.6 Å². The van der Waals surface area contributed by atoms with Crippen molar-refractivity contribution in [2.45, 2.75) is 76.0 Å². The summed E-state index contributed by atoms with van der Waals surface area (Å²) >= 11 is 11.3. The molecule has 0 saturated carbocycles. The van der Waals surface area contributed by atoms with Gasteiger partial charge in [0.2, 0.25) is 11.8 Å². The molecule has 0 heterocycles. The number of rotatable bonds is 12. The summed E-state index contributed by atoms with van der Waals surface area (Å²) in [6.45, 7) is 7.99. The summed E-state index contributed by atoms with van der Waals surface area (Å²) in [7, 11) is -7.65. The molecule has 0 unspecified atom stereocenters. The molecule has 252 valence electrons. The molecule has 13 nitrogen and oxygen atoms in total. The van der Waals surface area contributed by atoms with Crippen molar-refractivity contribution in [3.8, 4) is 0 Å². The summed E-state index contributed by atoms with van der Waals surface area (Å²) in [4.78, 5) is 43.6. The van der Waals surface area contributed by atoms with Crippen molar-refractivity contribution in [3.63, 3.8) is 0 Å². The van der Waals surface area contributed by atoms with Gasteiger partial charge in [-0.2, -0.15) is 0 Å². The number of hydrogen-bond donors (Lipinski definition) is 5. The van der Waals surface area contributed by atoms with Gasteiger partial charge in [0.1, 0.15) is 0 Å². The number of imide groups is 1. The van der Waals surface area contributed by atoms with Crippen LogP contribution < -0.4 is 25.4 Å². The third kappa shape index (κ3) is 19.6. The summed E-state index contributed by atoms with van der Waals surface area (Å²) < 4.78 is 50.6. The second-order valence-corrected chi connectivity index (χ2v) is 13.4. The molecule has 0 spiro atoms. The Bertz CT molecular complexity index is 1340. The zero-order chi connectivity index (χ0) is 34.5. The summed E-state index contributed by atoms with van der Waals surface area (Å²) in [6.07, 6.45) is 4.94. The second kappa shape index (κ2) is 22.2. The van der Waals surface area contributed by atoms with Crippen LogP contribution in [-0.2, 0) is 29.6 Å². The first kappa shape index (κ1) is 41.6. The van der Waals surface area contributed by atoms with Crippen molar-refractivity contribution in [3.05, 3.63) is 58.6 Å². The van der Waals surface area contributed by atoms with Crippen LogP contribution in [0, 0.1) is 0 Å². The minimum absolute atomic E-state index is 0.00597. The van der Waals surface area contributed by atoms with Gasteiger partial charge in [0.05, 0.1) is 9.79 Å². The van der Waals surface area contributed by atoms with Crippen LogP contribution in [0.2, 0.25) is 10.0 Å². The fourth-order valence-electron chi connectivity index (χ4n) is 2.93. The van der Waals surface area contributed by atoms with Crippen LogP contribution in [-0.4, -0.2) is 53.8 Å². The molecule has 2 aromatic rings. The van der Waals surface area contributed by atoms with Crippen LogP contribution in [0.1, 0.15) is 66.2 Å². The lowest BCUT2D eigenvalue weighted by Crippen LogP contribution is -2.39. The fraction of sp³-hybridized carbons (Fsp3) is 0.429. The highest BCUT2D eigenvalue weighted by Crippen LogP contribution is 2.14. The van der Waals surface area contributed by atoms with Gasteiger partial charge >= 0.3 is 12.1 Å². The van der Waals surface area contributed by atoms with E-state index < -0.39 is 32.1 Å². The first-order valence-electron chi connectivity index (χ1n) is 14.0. The van der Waals surface area contributed by atoms with E-state index in [1.54, 1.807) is 0 Å². The Balaban J connectivity index is 0.000000664. The van der Waals surface area contributed by atoms with Crippen LogP contribution in [0.5, 0.6) is 0 Å². The molecule has 0 saturated heterocycles. The van der Waals surface area contributed by atoms with Crippen LogP contribution in [0.4, 0.5) is 9.59 Å². The summed E-state index contributed by atoms with van der Waals surface area (Å²) in [5.74, 6) is -0.433. The fourth-order valence-corrected chi connectivity index (χ4v) is 5.04. The number of carbonyl (C=O) groups excluding carboxylic acids is 4. The first-order valence-corrected chi connectivity index (χ1v) is 17.7. The number of carbonyl (C=O) groups is 4. The SMILES string of the molecule is CCCCCC(=O)NC(C)=O.CCCNC(=O)NS(=O)(=O)c1ccc(Cl)cc1.CCCNC(=O)NS(=O)(=O)c1ccc(Cl)cc1. The highest BCUT2D eigenvalue weighted by atomic mass is 35.5. The number of urea groups is 2. The standard InChI is InChI=1S/2C10H13ClN2O3S.C8H15NO2/c2*1-2-7-12-10(14)13-17(15,16)9-5-3-8(11)4-6-9;1-3-4-5-6-8(11)9-7(2)10/h2*3-6H,2,7H2,1H3,(H2,12,13,14);3-6H2,1-2H3,(H,9,10,11). The Kier molecular flexibility index (Phi) is 20.5. The number of amides is 6. The van der Waals surface area contributed by atoms with Gasteiger partial charge in [-0.05, 0) is 67.8 Å². The summed E-state index contributed by atoms with van der Waals surface area (Å²) in [5, 5.41) is 7.91. The van der Waals surface area contributed by atoms with Crippen molar-refractivity contribution >= 4 is 67.1 Å². The second-order valence-electron chi connectivity index (χ2n) is 9.19. The Hall–Kier alpha value is -3.40. The molecule has 0 radical (unpaired) electrons. The number of halogens is 2. The minimum atomic E-state index is -3.83. The molecule has 2 rings (SSSR count). The van der Waals surface area contributed by atoms with Crippen molar-refractivity contribution in [2.75, 3.05) is 13.1 Å². The Labute approximate surface area is 275 Å². The molecule has 0 bridgehead atoms. The van der Waals surface area contributed by atoms with Crippen molar-refractivity contribution in [1.29, 1.82) is 0 Å². The van der Waals surface area contributed by atoms with Crippen molar-refractivity contribution in [1.82, 2.24) is 25.4 Å². The lowest BCUT2D eigenvalue weighted by Gasteiger charge is -2.07. The van der Waals surface area contributed by atoms with Gasteiger partial charge in [-0.1, -0.05) is 56.8 Å². The van der Waals surface area contributed by atoms with E-state index in [4.69, 9.17) is 23.2 Å². The van der Waals surface area contributed by atoms with Crippen molar-refractivity contribution in [2.24, 2.45) is 0 Å². The monoisotopic (exact) mass is 709 g/mol. The molecule has 2 aromatic carbocycles. The van der Waals surface area contributed by atoms with E-state index in [0.717, 1.165) is 32.1 Å². The maximum atomic E-state index is 11.7. The lowest BCUT2D eigenvalue weighted by atomic mass is 10.2. The summed E-state index contributed by atoms with van der Waals surface area (Å²) in [5.41, 5.74) is 0. The maximum Gasteiger partial charge on any atom is 0.328 e. The van der Waals surface area contributed by atoms with E-state index >= 15 is 0 Å². The smallest absolute Gasteiger partial charge is 0.328 e. The predicted molar refractivity (Wildman–Crippen MR) is 174 cm³/mol. The van der Waals surface area contributed by atoms with Gasteiger partial charge in [0.25, 0.3) is 20.0 Å². The van der Waals surface area contributed by atoms with Crippen LogP contribution in [0.3, 0.4) is 0 Å². The first-order chi connectivity index (χ1) is 21.1. The number of nitrogens with one attached hydrogen (secondary N) is 5. The van der Waals surface area contributed by atoms with Crippen molar-refractivity contribution < 1.29 is 36.0 Å². The number of sulfonamides is 2. The molecule has 5 N–H and O–H groups in total. The van der Waals surface area contributed by atoms with Crippen LogP contribution in [0.25, 0.3) is 0 Å². The van der Waals surface area contributed by atoms with Gasteiger partial charge in [0, 0.05) is 36.5 Å². The van der Waals surface area contributed by atoms with E-state index in [1.807, 2.05) is 23.3 Å². The van der Waals surface area contributed by atoms with Gasteiger partial charge in [-0.15, -0.1) is 0 Å². The molecule has 0 aliphatic heterocycles.